The van der Waals surface area contributed by atoms with E-state index in [1.165, 1.54) is 6.33 Å². The molecule has 1 saturated heterocycles. The van der Waals surface area contributed by atoms with E-state index < -0.39 is 0 Å². The van der Waals surface area contributed by atoms with E-state index >= 15 is 0 Å². The van der Waals surface area contributed by atoms with E-state index in [1.54, 1.807) is 36.7 Å². The van der Waals surface area contributed by atoms with Gasteiger partial charge >= 0.3 is 0 Å². The Morgan fingerprint density at radius 3 is 2.40 bits per heavy atom. The average Bonchev–Trinajstić information content (AvgIpc) is 3.14. The van der Waals surface area contributed by atoms with Gasteiger partial charge in [-0.1, -0.05) is 0 Å². The molecule has 2 aromatic rings. The molecule has 0 radical (unpaired) electrons. The summed E-state index contributed by atoms with van der Waals surface area (Å²) >= 11 is 0. The molecule has 1 aromatic heterocycles. The molecule has 2 fully saturated rings. The van der Waals surface area contributed by atoms with Crippen molar-refractivity contribution < 1.29 is 14.6 Å². The lowest BCUT2D eigenvalue weighted by Crippen LogP contribution is -2.30. The normalized spacial score (nSPS) is 25.7. The van der Waals surface area contributed by atoms with Crippen molar-refractivity contribution in [2.45, 2.75) is 18.9 Å². The number of ether oxygens (including phenoxy) is 1. The number of nitrogens with zero attached hydrogens (tertiary/aromatic N) is 3. The van der Waals surface area contributed by atoms with Crippen LogP contribution in [0, 0.1) is 11.8 Å². The van der Waals surface area contributed by atoms with Gasteiger partial charge in [-0.25, -0.2) is 9.97 Å². The zero-order valence-electron chi connectivity index (χ0n) is 13.9. The monoisotopic (exact) mass is 339 g/mol. The molecule has 25 heavy (non-hydrogen) atoms. The second kappa shape index (κ2) is 6.80. The van der Waals surface area contributed by atoms with Crippen molar-refractivity contribution in [1.29, 1.82) is 0 Å². The van der Waals surface area contributed by atoms with Crippen molar-refractivity contribution in [3.63, 3.8) is 0 Å². The van der Waals surface area contributed by atoms with Crippen LogP contribution >= 0.6 is 0 Å². The van der Waals surface area contributed by atoms with Crippen LogP contribution in [-0.2, 0) is 0 Å². The van der Waals surface area contributed by atoms with Gasteiger partial charge in [0.25, 0.3) is 0 Å². The summed E-state index contributed by atoms with van der Waals surface area (Å²) in [6.07, 6.45) is 7.15. The fraction of sp³-hybridized carbons (Fsp3) is 0.421. The Balaban J connectivity index is 1.29. The Bertz CT molecular complexity index is 721. The average molecular weight is 339 g/mol. The number of benzene rings is 1. The number of hydrogen-bond acceptors (Lipinski definition) is 6. The third-order valence-electron chi connectivity index (χ3n) is 5.18. The highest BCUT2D eigenvalue weighted by Crippen LogP contribution is 2.39. The van der Waals surface area contributed by atoms with Gasteiger partial charge in [0.15, 0.2) is 11.5 Å². The SMILES string of the molecule is O=C(CN1C[C@H]2CC(Oc3cncnc3)C[C@H]2C1)c1ccc(O)cc1. The number of rotatable bonds is 5. The fourth-order valence-corrected chi connectivity index (χ4v) is 4.05. The highest BCUT2D eigenvalue weighted by atomic mass is 16.5. The predicted octanol–water partition coefficient (Wildman–Crippen LogP) is 2.15. The second-order valence-electron chi connectivity index (χ2n) is 6.97. The molecule has 4 rings (SSSR count). The Morgan fingerprint density at radius 1 is 1.12 bits per heavy atom. The number of aromatic hydroxyl groups is 1. The number of likely N-dealkylation sites (tertiary alicyclic amines) is 1. The molecule has 0 bridgehead atoms. The number of ketones is 1. The molecule has 1 N–H and O–H groups in total. The first-order valence-electron chi connectivity index (χ1n) is 8.63. The molecule has 2 aliphatic rings. The Kier molecular flexibility index (Phi) is 4.36. The van der Waals surface area contributed by atoms with Gasteiger partial charge in [-0.3, -0.25) is 9.69 Å². The third-order valence-corrected chi connectivity index (χ3v) is 5.18. The summed E-state index contributed by atoms with van der Waals surface area (Å²) in [5, 5.41) is 9.32. The van der Waals surface area contributed by atoms with Gasteiger partial charge in [-0.2, -0.15) is 0 Å². The van der Waals surface area contributed by atoms with E-state index in [9.17, 15) is 9.90 Å². The van der Waals surface area contributed by atoms with Crippen LogP contribution in [0.15, 0.2) is 43.0 Å². The number of Topliss-reactive ketones (excluding diaryl/α,β-unsaturated/α-hetero) is 1. The van der Waals surface area contributed by atoms with Crippen molar-refractivity contribution in [3.05, 3.63) is 48.5 Å². The first-order valence-corrected chi connectivity index (χ1v) is 8.63. The van der Waals surface area contributed by atoms with Crippen LogP contribution in [0.1, 0.15) is 23.2 Å². The lowest BCUT2D eigenvalue weighted by Gasteiger charge is -2.19. The molecule has 0 amide bonds. The lowest BCUT2D eigenvalue weighted by atomic mass is 10.0. The maximum Gasteiger partial charge on any atom is 0.176 e. The summed E-state index contributed by atoms with van der Waals surface area (Å²) < 4.78 is 5.97. The summed E-state index contributed by atoms with van der Waals surface area (Å²) in [4.78, 5) is 22.6. The second-order valence-corrected chi connectivity index (χ2v) is 6.97. The van der Waals surface area contributed by atoms with Gasteiger partial charge in [-0.15, -0.1) is 0 Å². The van der Waals surface area contributed by atoms with Gasteiger partial charge < -0.3 is 9.84 Å². The van der Waals surface area contributed by atoms with Gasteiger partial charge in [0, 0.05) is 18.7 Å². The summed E-state index contributed by atoms with van der Waals surface area (Å²) in [6.45, 7) is 2.33. The number of phenolic OH excluding ortho intramolecular Hbond substituents is 1. The number of aromatic nitrogens is 2. The van der Waals surface area contributed by atoms with E-state index in [4.69, 9.17) is 4.74 Å². The predicted molar refractivity (Wildman–Crippen MR) is 91.5 cm³/mol. The van der Waals surface area contributed by atoms with Crippen LogP contribution in [-0.4, -0.2) is 51.5 Å². The molecule has 6 nitrogen and oxygen atoms in total. The van der Waals surface area contributed by atoms with Crippen molar-refractivity contribution in [1.82, 2.24) is 14.9 Å². The minimum absolute atomic E-state index is 0.106. The fourth-order valence-electron chi connectivity index (χ4n) is 4.05. The van der Waals surface area contributed by atoms with Crippen molar-refractivity contribution in [2.24, 2.45) is 11.8 Å². The zero-order chi connectivity index (χ0) is 17.2. The Morgan fingerprint density at radius 2 is 1.76 bits per heavy atom. The first-order chi connectivity index (χ1) is 12.2. The quantitative estimate of drug-likeness (QED) is 0.841. The summed E-state index contributed by atoms with van der Waals surface area (Å²) in [5.41, 5.74) is 0.653. The summed E-state index contributed by atoms with van der Waals surface area (Å²) in [6, 6.07) is 6.48. The molecule has 1 aromatic carbocycles. The van der Waals surface area contributed by atoms with Crippen LogP contribution in [0.3, 0.4) is 0 Å². The van der Waals surface area contributed by atoms with Crippen molar-refractivity contribution in [3.8, 4) is 11.5 Å². The van der Waals surface area contributed by atoms with Crippen LogP contribution in [0.5, 0.6) is 11.5 Å². The van der Waals surface area contributed by atoms with Crippen molar-refractivity contribution in [2.75, 3.05) is 19.6 Å². The van der Waals surface area contributed by atoms with Crippen LogP contribution in [0.25, 0.3) is 0 Å². The Labute approximate surface area is 146 Å². The first kappa shape index (κ1) is 16.0. The molecule has 3 atom stereocenters. The zero-order valence-corrected chi connectivity index (χ0v) is 13.9. The largest absolute Gasteiger partial charge is 0.508 e. The van der Waals surface area contributed by atoms with Crippen LogP contribution < -0.4 is 4.74 Å². The molecular weight excluding hydrogens is 318 g/mol. The number of carbonyl (C=O) groups is 1. The molecule has 1 saturated carbocycles. The number of carbonyl (C=O) groups excluding carboxylic acids is 1. The summed E-state index contributed by atoms with van der Waals surface area (Å²) in [7, 11) is 0. The van der Waals surface area contributed by atoms with E-state index in [2.05, 4.69) is 14.9 Å². The van der Waals surface area contributed by atoms with E-state index in [0.29, 0.717) is 23.9 Å². The van der Waals surface area contributed by atoms with E-state index in [1.807, 2.05) is 0 Å². The molecular formula is C19H21N3O3. The molecule has 2 heterocycles. The van der Waals surface area contributed by atoms with E-state index in [0.717, 1.165) is 31.7 Å². The van der Waals surface area contributed by atoms with Gasteiger partial charge in [0.1, 0.15) is 12.1 Å². The highest BCUT2D eigenvalue weighted by molar-refractivity contribution is 5.97. The Hall–Kier alpha value is -2.47. The topological polar surface area (TPSA) is 75.6 Å². The number of phenols is 1. The molecule has 1 aliphatic heterocycles. The standard InChI is InChI=1S/C19H21N3O3/c23-16-3-1-13(2-4-16)19(24)11-22-9-14-5-17(6-15(14)10-22)25-18-7-20-12-21-8-18/h1-4,7-8,12,14-15,17,23H,5-6,9-11H2/t14-,15+,17?. The smallest absolute Gasteiger partial charge is 0.176 e. The van der Waals surface area contributed by atoms with Gasteiger partial charge in [0.05, 0.1) is 25.0 Å². The van der Waals surface area contributed by atoms with Crippen LogP contribution in [0.4, 0.5) is 0 Å². The third kappa shape index (κ3) is 3.64. The van der Waals surface area contributed by atoms with Crippen LogP contribution in [0.2, 0.25) is 0 Å². The molecule has 6 heteroatoms. The minimum atomic E-state index is 0.106. The molecule has 0 spiro atoms. The number of hydrogen-bond donors (Lipinski definition) is 1. The summed E-state index contributed by atoms with van der Waals surface area (Å²) in [5.74, 6) is 2.19. The van der Waals surface area contributed by atoms with Gasteiger partial charge in [-0.05, 0) is 48.9 Å². The van der Waals surface area contributed by atoms with E-state index in [-0.39, 0.29) is 17.6 Å². The highest BCUT2D eigenvalue weighted by Gasteiger charge is 2.42. The maximum atomic E-state index is 12.4. The molecule has 1 unspecified atom stereocenters. The van der Waals surface area contributed by atoms with Crippen molar-refractivity contribution >= 4 is 5.78 Å². The molecule has 130 valence electrons. The lowest BCUT2D eigenvalue weighted by molar-refractivity contribution is 0.0936. The maximum absolute atomic E-state index is 12.4. The molecule has 1 aliphatic carbocycles. The minimum Gasteiger partial charge on any atom is -0.508 e. The number of fused-ring (bicyclic) bond motifs is 1. The van der Waals surface area contributed by atoms with Gasteiger partial charge in [0.2, 0.25) is 0 Å².